The highest BCUT2D eigenvalue weighted by Crippen LogP contribution is 2.20. The molecule has 0 saturated carbocycles. The van der Waals surface area contributed by atoms with Gasteiger partial charge >= 0.3 is 0 Å². The second-order valence-corrected chi connectivity index (χ2v) is 5.70. The molecule has 0 spiro atoms. The van der Waals surface area contributed by atoms with Crippen LogP contribution in [0, 0.1) is 0 Å². The number of benzene rings is 2. The Bertz CT molecular complexity index is 874. The largest absolute Gasteiger partial charge is 0.497 e. The monoisotopic (exact) mass is 336 g/mol. The van der Waals surface area contributed by atoms with E-state index in [1.807, 2.05) is 42.5 Å². The van der Waals surface area contributed by atoms with Gasteiger partial charge in [-0.1, -0.05) is 24.3 Å². The zero-order chi connectivity index (χ0) is 17.6. The Morgan fingerprint density at radius 3 is 2.72 bits per heavy atom. The summed E-state index contributed by atoms with van der Waals surface area (Å²) in [5, 5.41) is 1.05. The minimum absolute atomic E-state index is 0.0211. The Hall–Kier alpha value is -3.08. The number of hydrogen-bond acceptors (Lipinski definition) is 4. The first-order chi connectivity index (χ1) is 12.2. The standard InChI is InChI=1S/C20H20N2O3/c1-22(13-15-6-3-10-19-18(15)9-5-11-21-19)20(23)14-25-17-8-4-7-16(12-17)24-2/h3-12H,13-14H2,1-2H3. The molecule has 0 fully saturated rings. The number of carbonyl (C=O) groups excluding carboxylic acids is 1. The molecule has 0 aliphatic carbocycles. The molecule has 1 aromatic heterocycles. The van der Waals surface area contributed by atoms with Gasteiger partial charge in [-0.05, 0) is 29.8 Å². The fourth-order valence-corrected chi connectivity index (χ4v) is 2.59. The summed E-state index contributed by atoms with van der Waals surface area (Å²) >= 11 is 0. The third-order valence-corrected chi connectivity index (χ3v) is 3.97. The van der Waals surface area contributed by atoms with Gasteiger partial charge in [0.05, 0.1) is 12.6 Å². The van der Waals surface area contributed by atoms with Gasteiger partial charge in [-0.25, -0.2) is 0 Å². The third-order valence-electron chi connectivity index (χ3n) is 3.97. The molecule has 2 aromatic carbocycles. The summed E-state index contributed by atoms with van der Waals surface area (Å²) in [6.45, 7) is 0.482. The zero-order valence-corrected chi connectivity index (χ0v) is 14.3. The topological polar surface area (TPSA) is 51.7 Å². The van der Waals surface area contributed by atoms with E-state index in [9.17, 15) is 4.79 Å². The molecule has 0 aliphatic rings. The van der Waals surface area contributed by atoms with E-state index in [0.717, 1.165) is 16.5 Å². The average Bonchev–Trinajstić information content (AvgIpc) is 2.66. The molecular formula is C20H20N2O3. The van der Waals surface area contributed by atoms with Crippen LogP contribution in [0.4, 0.5) is 0 Å². The molecule has 1 heterocycles. The molecule has 0 radical (unpaired) electrons. The lowest BCUT2D eigenvalue weighted by atomic mass is 10.1. The van der Waals surface area contributed by atoms with Gasteiger partial charge in [0.2, 0.25) is 0 Å². The van der Waals surface area contributed by atoms with Crippen molar-refractivity contribution in [2.45, 2.75) is 6.54 Å². The van der Waals surface area contributed by atoms with Crippen molar-refractivity contribution in [1.82, 2.24) is 9.88 Å². The van der Waals surface area contributed by atoms with Gasteiger partial charge in [0.1, 0.15) is 11.5 Å². The molecule has 0 N–H and O–H groups in total. The highest BCUT2D eigenvalue weighted by atomic mass is 16.5. The van der Waals surface area contributed by atoms with E-state index in [-0.39, 0.29) is 12.5 Å². The fourth-order valence-electron chi connectivity index (χ4n) is 2.59. The van der Waals surface area contributed by atoms with E-state index in [0.29, 0.717) is 18.0 Å². The van der Waals surface area contributed by atoms with Crippen LogP contribution in [0.2, 0.25) is 0 Å². The van der Waals surface area contributed by atoms with E-state index >= 15 is 0 Å². The number of pyridine rings is 1. The van der Waals surface area contributed by atoms with Gasteiger partial charge in [0.15, 0.2) is 6.61 Å². The summed E-state index contributed by atoms with van der Waals surface area (Å²) < 4.78 is 10.7. The van der Waals surface area contributed by atoms with Gasteiger partial charge in [0, 0.05) is 31.2 Å². The first kappa shape index (κ1) is 16.8. The van der Waals surface area contributed by atoms with Crippen molar-refractivity contribution in [3.05, 3.63) is 66.4 Å². The van der Waals surface area contributed by atoms with E-state index in [2.05, 4.69) is 4.98 Å². The Balaban J connectivity index is 1.64. The summed E-state index contributed by atoms with van der Waals surface area (Å²) in [5.74, 6) is 1.21. The quantitative estimate of drug-likeness (QED) is 0.693. The number of ether oxygens (including phenoxy) is 2. The average molecular weight is 336 g/mol. The summed E-state index contributed by atoms with van der Waals surface area (Å²) in [6.07, 6.45) is 1.77. The van der Waals surface area contributed by atoms with Crippen molar-refractivity contribution in [2.75, 3.05) is 20.8 Å². The van der Waals surface area contributed by atoms with Gasteiger partial charge in [-0.15, -0.1) is 0 Å². The van der Waals surface area contributed by atoms with Crippen molar-refractivity contribution >= 4 is 16.8 Å². The number of likely N-dealkylation sites (N-methyl/N-ethyl adjacent to an activating group) is 1. The van der Waals surface area contributed by atoms with Gasteiger partial charge in [0.25, 0.3) is 5.91 Å². The molecule has 25 heavy (non-hydrogen) atoms. The number of nitrogens with zero attached hydrogens (tertiary/aromatic N) is 2. The number of aromatic nitrogens is 1. The Kier molecular flexibility index (Phi) is 5.14. The maximum Gasteiger partial charge on any atom is 0.260 e. The lowest BCUT2D eigenvalue weighted by molar-refractivity contribution is -0.132. The van der Waals surface area contributed by atoms with Gasteiger partial charge < -0.3 is 14.4 Å². The Labute approximate surface area is 146 Å². The highest BCUT2D eigenvalue weighted by molar-refractivity contribution is 5.83. The van der Waals surface area contributed by atoms with E-state index in [1.165, 1.54) is 0 Å². The minimum Gasteiger partial charge on any atom is -0.497 e. The summed E-state index contributed by atoms with van der Waals surface area (Å²) in [7, 11) is 3.36. The van der Waals surface area contributed by atoms with Crippen LogP contribution in [-0.2, 0) is 11.3 Å². The maximum absolute atomic E-state index is 12.4. The first-order valence-corrected chi connectivity index (χ1v) is 8.01. The predicted octanol–water partition coefficient (Wildman–Crippen LogP) is 3.28. The molecule has 128 valence electrons. The smallest absolute Gasteiger partial charge is 0.260 e. The van der Waals surface area contributed by atoms with Crippen molar-refractivity contribution in [1.29, 1.82) is 0 Å². The van der Waals surface area contributed by atoms with Crippen molar-refractivity contribution in [2.24, 2.45) is 0 Å². The number of methoxy groups -OCH3 is 1. The van der Waals surface area contributed by atoms with Crippen LogP contribution in [0.25, 0.3) is 10.9 Å². The molecule has 0 aliphatic heterocycles. The molecule has 5 nitrogen and oxygen atoms in total. The Morgan fingerprint density at radius 2 is 1.88 bits per heavy atom. The van der Waals surface area contributed by atoms with Gasteiger partial charge in [-0.2, -0.15) is 0 Å². The molecule has 1 amide bonds. The fraction of sp³-hybridized carbons (Fsp3) is 0.200. The molecular weight excluding hydrogens is 316 g/mol. The molecule has 5 heteroatoms. The van der Waals surface area contributed by atoms with Crippen LogP contribution in [0.3, 0.4) is 0 Å². The second kappa shape index (κ2) is 7.66. The van der Waals surface area contributed by atoms with Crippen LogP contribution in [0.5, 0.6) is 11.5 Å². The second-order valence-electron chi connectivity index (χ2n) is 5.70. The molecule has 3 rings (SSSR count). The van der Waals surface area contributed by atoms with Crippen LogP contribution in [-0.4, -0.2) is 36.6 Å². The van der Waals surface area contributed by atoms with Crippen molar-refractivity contribution < 1.29 is 14.3 Å². The normalized spacial score (nSPS) is 10.5. The molecule has 3 aromatic rings. The Morgan fingerprint density at radius 1 is 1.08 bits per heavy atom. The van der Waals surface area contributed by atoms with E-state index < -0.39 is 0 Å². The lowest BCUT2D eigenvalue weighted by Crippen LogP contribution is -2.31. The summed E-state index contributed by atoms with van der Waals surface area (Å²) in [6, 6.07) is 17.1. The summed E-state index contributed by atoms with van der Waals surface area (Å²) in [4.78, 5) is 18.4. The molecule has 0 bridgehead atoms. The maximum atomic E-state index is 12.4. The predicted molar refractivity (Wildman–Crippen MR) is 96.7 cm³/mol. The van der Waals surface area contributed by atoms with Crippen LogP contribution in [0.1, 0.15) is 5.56 Å². The zero-order valence-electron chi connectivity index (χ0n) is 14.3. The lowest BCUT2D eigenvalue weighted by Gasteiger charge is -2.18. The SMILES string of the molecule is COc1cccc(OCC(=O)N(C)Cc2cccc3ncccc23)c1. The number of carbonyl (C=O) groups is 1. The van der Waals surface area contributed by atoms with Crippen LogP contribution in [0.15, 0.2) is 60.8 Å². The summed E-state index contributed by atoms with van der Waals surface area (Å²) in [5.41, 5.74) is 1.98. The van der Waals surface area contributed by atoms with Crippen LogP contribution >= 0.6 is 0 Å². The highest BCUT2D eigenvalue weighted by Gasteiger charge is 2.12. The molecule has 0 atom stereocenters. The molecule has 0 unspecified atom stereocenters. The number of rotatable bonds is 6. The van der Waals surface area contributed by atoms with E-state index in [1.54, 1.807) is 37.4 Å². The van der Waals surface area contributed by atoms with Crippen LogP contribution < -0.4 is 9.47 Å². The minimum atomic E-state index is -0.0938. The molecule has 0 saturated heterocycles. The number of amides is 1. The number of hydrogen-bond donors (Lipinski definition) is 0. The number of fused-ring (bicyclic) bond motifs is 1. The van der Waals surface area contributed by atoms with Gasteiger partial charge in [-0.3, -0.25) is 9.78 Å². The first-order valence-electron chi connectivity index (χ1n) is 8.01. The van der Waals surface area contributed by atoms with Crippen molar-refractivity contribution in [3.63, 3.8) is 0 Å². The van der Waals surface area contributed by atoms with E-state index in [4.69, 9.17) is 9.47 Å². The van der Waals surface area contributed by atoms with Crippen molar-refractivity contribution in [3.8, 4) is 11.5 Å². The third kappa shape index (κ3) is 4.07.